The fraction of sp³-hybridized carbons (Fsp3) is 0.333. The Bertz CT molecular complexity index is 371. The van der Waals surface area contributed by atoms with E-state index >= 15 is 0 Å². The highest BCUT2D eigenvalue weighted by Gasteiger charge is 2.05. The van der Waals surface area contributed by atoms with Gasteiger partial charge in [0.2, 0.25) is 0 Å². The van der Waals surface area contributed by atoms with E-state index in [0.29, 0.717) is 17.9 Å². The molecule has 1 rings (SSSR count). The Labute approximate surface area is 95.1 Å². The largest absolute Gasteiger partial charge is 0.504 e. The molecule has 0 aliphatic heterocycles. The third-order valence-electron chi connectivity index (χ3n) is 2.13. The second kappa shape index (κ2) is 5.90. The number of aromatic hydroxyl groups is 1. The first-order valence-corrected chi connectivity index (χ1v) is 4.83. The van der Waals surface area contributed by atoms with E-state index in [1.165, 1.54) is 7.11 Å². The molecular formula is C12H16O4. The lowest BCUT2D eigenvalue weighted by molar-refractivity contribution is 0.243. The SMILES string of the molecule is COC=C(Cc1ccc(O)c(OC)c1)OC. The maximum Gasteiger partial charge on any atom is 0.160 e. The number of ether oxygens (including phenoxy) is 3. The number of allylic oxidation sites excluding steroid dienone is 1. The van der Waals surface area contributed by atoms with Gasteiger partial charge in [-0.15, -0.1) is 0 Å². The summed E-state index contributed by atoms with van der Waals surface area (Å²) >= 11 is 0. The lowest BCUT2D eigenvalue weighted by Crippen LogP contribution is -1.95. The lowest BCUT2D eigenvalue weighted by Gasteiger charge is -2.08. The molecule has 1 aromatic carbocycles. The first-order chi connectivity index (χ1) is 7.71. The number of methoxy groups -OCH3 is 3. The van der Waals surface area contributed by atoms with Gasteiger partial charge in [-0.1, -0.05) is 6.07 Å². The summed E-state index contributed by atoms with van der Waals surface area (Å²) < 4.78 is 15.0. The number of phenolic OH excluding ortho intramolecular Hbond substituents is 1. The van der Waals surface area contributed by atoms with Gasteiger partial charge in [-0.2, -0.15) is 0 Å². The van der Waals surface area contributed by atoms with Crippen molar-refractivity contribution in [3.63, 3.8) is 0 Å². The molecule has 0 fully saturated rings. The van der Waals surface area contributed by atoms with Crippen LogP contribution in [-0.2, 0) is 15.9 Å². The Kier molecular flexibility index (Phi) is 4.51. The summed E-state index contributed by atoms with van der Waals surface area (Å²) in [6, 6.07) is 5.16. The molecule has 4 heteroatoms. The van der Waals surface area contributed by atoms with Gasteiger partial charge in [0.05, 0.1) is 21.3 Å². The van der Waals surface area contributed by atoms with Crippen molar-refractivity contribution < 1.29 is 19.3 Å². The van der Waals surface area contributed by atoms with Crippen LogP contribution < -0.4 is 4.74 Å². The monoisotopic (exact) mass is 224 g/mol. The summed E-state index contributed by atoms with van der Waals surface area (Å²) in [7, 11) is 4.67. The van der Waals surface area contributed by atoms with Crippen molar-refractivity contribution >= 4 is 0 Å². The number of hydrogen-bond acceptors (Lipinski definition) is 4. The highest BCUT2D eigenvalue weighted by Crippen LogP contribution is 2.27. The predicted octanol–water partition coefficient (Wildman–Crippen LogP) is 2.08. The first kappa shape index (κ1) is 12.2. The van der Waals surface area contributed by atoms with E-state index in [0.717, 1.165) is 5.56 Å². The molecule has 88 valence electrons. The van der Waals surface area contributed by atoms with Crippen LogP contribution in [0.3, 0.4) is 0 Å². The van der Waals surface area contributed by atoms with Gasteiger partial charge < -0.3 is 19.3 Å². The number of phenols is 1. The van der Waals surface area contributed by atoms with Crippen LogP contribution in [0.1, 0.15) is 5.56 Å². The molecule has 4 nitrogen and oxygen atoms in total. The third kappa shape index (κ3) is 3.08. The minimum atomic E-state index is 0.126. The maximum absolute atomic E-state index is 9.43. The quantitative estimate of drug-likeness (QED) is 0.778. The van der Waals surface area contributed by atoms with E-state index in [-0.39, 0.29) is 5.75 Å². The Morgan fingerprint density at radius 2 is 2.06 bits per heavy atom. The van der Waals surface area contributed by atoms with Crippen molar-refractivity contribution in [3.8, 4) is 11.5 Å². The Balaban J connectivity index is 2.85. The summed E-state index contributed by atoms with van der Waals surface area (Å²) in [5.74, 6) is 1.28. The van der Waals surface area contributed by atoms with E-state index < -0.39 is 0 Å². The molecule has 0 amide bonds. The molecule has 0 saturated heterocycles. The number of hydrogen-bond donors (Lipinski definition) is 1. The van der Waals surface area contributed by atoms with Gasteiger partial charge in [0.1, 0.15) is 12.0 Å². The van der Waals surface area contributed by atoms with Crippen molar-refractivity contribution in [1.82, 2.24) is 0 Å². The number of rotatable bonds is 5. The van der Waals surface area contributed by atoms with Crippen LogP contribution in [0, 0.1) is 0 Å². The molecule has 0 aliphatic carbocycles. The van der Waals surface area contributed by atoms with Gasteiger partial charge in [0, 0.05) is 6.42 Å². The normalized spacial score (nSPS) is 11.1. The molecule has 0 unspecified atom stereocenters. The summed E-state index contributed by atoms with van der Waals surface area (Å²) in [5.41, 5.74) is 0.972. The van der Waals surface area contributed by atoms with Gasteiger partial charge in [0.15, 0.2) is 11.5 Å². The molecule has 0 atom stereocenters. The average molecular weight is 224 g/mol. The minimum absolute atomic E-state index is 0.126. The first-order valence-electron chi connectivity index (χ1n) is 4.83. The van der Waals surface area contributed by atoms with E-state index in [1.54, 1.807) is 38.7 Å². The summed E-state index contributed by atoms with van der Waals surface area (Å²) in [4.78, 5) is 0. The van der Waals surface area contributed by atoms with Crippen LogP contribution in [0.5, 0.6) is 11.5 Å². The molecule has 1 N–H and O–H groups in total. The van der Waals surface area contributed by atoms with Crippen LogP contribution in [0.4, 0.5) is 0 Å². The Morgan fingerprint density at radius 1 is 1.31 bits per heavy atom. The molecule has 1 aromatic rings. The second-order valence-electron chi connectivity index (χ2n) is 3.21. The molecule has 0 aliphatic rings. The highest BCUT2D eigenvalue weighted by molar-refractivity contribution is 5.42. The molecule has 0 aromatic heterocycles. The van der Waals surface area contributed by atoms with Crippen molar-refractivity contribution in [1.29, 1.82) is 0 Å². The predicted molar refractivity (Wildman–Crippen MR) is 60.5 cm³/mol. The van der Waals surface area contributed by atoms with Crippen LogP contribution in [-0.4, -0.2) is 26.4 Å². The zero-order valence-corrected chi connectivity index (χ0v) is 9.69. The highest BCUT2D eigenvalue weighted by atomic mass is 16.5. The fourth-order valence-corrected chi connectivity index (χ4v) is 1.33. The summed E-state index contributed by atoms with van der Waals surface area (Å²) in [6.07, 6.45) is 2.13. The van der Waals surface area contributed by atoms with E-state index in [4.69, 9.17) is 14.2 Å². The van der Waals surface area contributed by atoms with E-state index in [9.17, 15) is 5.11 Å². The Hall–Kier alpha value is -1.84. The second-order valence-corrected chi connectivity index (χ2v) is 3.21. The van der Waals surface area contributed by atoms with Crippen molar-refractivity contribution in [2.75, 3.05) is 21.3 Å². The molecule has 0 saturated carbocycles. The third-order valence-corrected chi connectivity index (χ3v) is 2.13. The van der Waals surface area contributed by atoms with E-state index in [2.05, 4.69) is 0 Å². The fourth-order valence-electron chi connectivity index (χ4n) is 1.33. The Morgan fingerprint density at radius 3 is 2.62 bits per heavy atom. The zero-order valence-electron chi connectivity index (χ0n) is 9.69. The molecule has 0 bridgehead atoms. The summed E-state index contributed by atoms with van der Waals surface area (Å²) in [6.45, 7) is 0. The van der Waals surface area contributed by atoms with Gasteiger partial charge >= 0.3 is 0 Å². The standard InChI is InChI=1S/C12H16O4/c1-14-8-10(15-2)6-9-4-5-11(13)12(7-9)16-3/h4-5,7-8,13H,6H2,1-3H3. The zero-order chi connectivity index (χ0) is 12.0. The molecule has 0 radical (unpaired) electrons. The van der Waals surface area contributed by atoms with Gasteiger partial charge in [-0.05, 0) is 17.7 Å². The van der Waals surface area contributed by atoms with Crippen molar-refractivity contribution in [3.05, 3.63) is 35.8 Å². The van der Waals surface area contributed by atoms with Crippen molar-refractivity contribution in [2.24, 2.45) is 0 Å². The molecular weight excluding hydrogens is 208 g/mol. The van der Waals surface area contributed by atoms with Gasteiger partial charge in [-0.3, -0.25) is 0 Å². The van der Waals surface area contributed by atoms with Crippen molar-refractivity contribution in [2.45, 2.75) is 6.42 Å². The maximum atomic E-state index is 9.43. The van der Waals surface area contributed by atoms with E-state index in [1.807, 2.05) is 0 Å². The smallest absolute Gasteiger partial charge is 0.160 e. The summed E-state index contributed by atoms with van der Waals surface area (Å²) in [5, 5.41) is 9.43. The van der Waals surface area contributed by atoms with Crippen LogP contribution in [0.2, 0.25) is 0 Å². The average Bonchev–Trinajstić information content (AvgIpc) is 2.30. The van der Waals surface area contributed by atoms with Crippen LogP contribution >= 0.6 is 0 Å². The van der Waals surface area contributed by atoms with Crippen LogP contribution in [0.25, 0.3) is 0 Å². The minimum Gasteiger partial charge on any atom is -0.504 e. The molecule has 16 heavy (non-hydrogen) atoms. The molecule has 0 heterocycles. The number of benzene rings is 1. The topological polar surface area (TPSA) is 47.9 Å². The lowest BCUT2D eigenvalue weighted by atomic mass is 10.1. The molecule has 0 spiro atoms. The van der Waals surface area contributed by atoms with Gasteiger partial charge in [-0.25, -0.2) is 0 Å². The van der Waals surface area contributed by atoms with Crippen LogP contribution in [0.15, 0.2) is 30.2 Å². The van der Waals surface area contributed by atoms with Gasteiger partial charge in [0.25, 0.3) is 0 Å².